The summed E-state index contributed by atoms with van der Waals surface area (Å²) in [4.78, 5) is 10.9. The fourth-order valence-corrected chi connectivity index (χ4v) is 3.23. The predicted molar refractivity (Wildman–Crippen MR) is 106 cm³/mol. The molecule has 148 valence electrons. The van der Waals surface area contributed by atoms with Gasteiger partial charge in [-0.05, 0) is 55.7 Å². The van der Waals surface area contributed by atoms with Gasteiger partial charge in [-0.25, -0.2) is 0 Å². The Bertz CT molecular complexity index is 1000. The van der Waals surface area contributed by atoms with E-state index in [0.29, 0.717) is 29.4 Å². The molecule has 2 aromatic carbocycles. The summed E-state index contributed by atoms with van der Waals surface area (Å²) in [7, 11) is 3.12. The van der Waals surface area contributed by atoms with Crippen LogP contribution < -0.4 is 9.47 Å². The van der Waals surface area contributed by atoms with E-state index in [1.807, 2.05) is 13.0 Å². The number of fused-ring (bicyclic) bond motifs is 1. The van der Waals surface area contributed by atoms with Gasteiger partial charge in [0.05, 0.1) is 20.8 Å². The van der Waals surface area contributed by atoms with Crippen LogP contribution in [0, 0.1) is 6.92 Å². The summed E-state index contributed by atoms with van der Waals surface area (Å²) < 4.78 is 21.9. The van der Waals surface area contributed by atoms with Crippen LogP contribution in [0.5, 0.6) is 17.2 Å². The average molecular weight is 384 g/mol. The second kappa shape index (κ2) is 8.25. The monoisotopic (exact) mass is 384 g/mol. The maximum atomic E-state index is 10.9. The summed E-state index contributed by atoms with van der Waals surface area (Å²) in [5.74, 6) is 1.54. The lowest BCUT2D eigenvalue weighted by molar-refractivity contribution is -0.141. The fourth-order valence-electron chi connectivity index (χ4n) is 3.23. The van der Waals surface area contributed by atoms with E-state index in [2.05, 4.69) is 6.07 Å². The van der Waals surface area contributed by atoms with Crippen LogP contribution in [0.2, 0.25) is 0 Å². The Morgan fingerprint density at radius 3 is 2.54 bits per heavy atom. The van der Waals surface area contributed by atoms with Crippen molar-refractivity contribution in [2.24, 2.45) is 0 Å². The molecule has 0 radical (unpaired) electrons. The van der Waals surface area contributed by atoms with Crippen molar-refractivity contribution < 1.29 is 28.5 Å². The minimum Gasteiger partial charge on any atom is -0.504 e. The molecule has 0 aliphatic rings. The fraction of sp³-hybridized carbons (Fsp3) is 0.318. The van der Waals surface area contributed by atoms with Crippen molar-refractivity contribution in [2.45, 2.75) is 26.7 Å². The minimum atomic E-state index is -0.271. The molecule has 0 spiro atoms. The third-order valence-corrected chi connectivity index (χ3v) is 4.64. The number of aryl methyl sites for hydroxylation is 2. The second-order valence-corrected chi connectivity index (χ2v) is 6.56. The third-order valence-electron chi connectivity index (χ3n) is 4.64. The third kappa shape index (κ3) is 3.91. The van der Waals surface area contributed by atoms with Gasteiger partial charge in [0.2, 0.25) is 0 Å². The first-order valence-corrected chi connectivity index (χ1v) is 9.05. The van der Waals surface area contributed by atoms with Crippen molar-refractivity contribution in [1.82, 2.24) is 0 Å². The average Bonchev–Trinajstić information content (AvgIpc) is 3.01. The summed E-state index contributed by atoms with van der Waals surface area (Å²) in [5, 5.41) is 10.8. The second-order valence-electron chi connectivity index (χ2n) is 6.56. The van der Waals surface area contributed by atoms with Gasteiger partial charge in [-0.1, -0.05) is 0 Å². The molecule has 0 aliphatic carbocycles. The molecule has 0 fully saturated rings. The van der Waals surface area contributed by atoms with Crippen molar-refractivity contribution in [3.05, 3.63) is 41.5 Å². The molecular formula is C22H24O6. The first-order chi connectivity index (χ1) is 13.4. The highest BCUT2D eigenvalue weighted by atomic mass is 16.5. The molecule has 0 amide bonds. The molecule has 1 aromatic heterocycles. The van der Waals surface area contributed by atoms with Crippen molar-refractivity contribution in [3.63, 3.8) is 0 Å². The smallest absolute Gasteiger partial charge is 0.302 e. The topological polar surface area (TPSA) is 78.1 Å². The maximum absolute atomic E-state index is 10.9. The van der Waals surface area contributed by atoms with Crippen molar-refractivity contribution in [2.75, 3.05) is 20.8 Å². The highest BCUT2D eigenvalue weighted by Crippen LogP contribution is 2.40. The van der Waals surface area contributed by atoms with E-state index in [4.69, 9.17) is 18.6 Å². The molecule has 28 heavy (non-hydrogen) atoms. The molecule has 0 saturated carbocycles. The van der Waals surface area contributed by atoms with E-state index in [9.17, 15) is 9.90 Å². The van der Waals surface area contributed by atoms with Crippen LogP contribution in [0.3, 0.4) is 0 Å². The first-order valence-electron chi connectivity index (χ1n) is 9.05. The van der Waals surface area contributed by atoms with E-state index in [0.717, 1.165) is 34.9 Å². The molecule has 6 heteroatoms. The van der Waals surface area contributed by atoms with Crippen LogP contribution in [-0.4, -0.2) is 31.9 Å². The molecule has 0 unspecified atom stereocenters. The quantitative estimate of drug-likeness (QED) is 0.473. The van der Waals surface area contributed by atoms with E-state index in [-0.39, 0.29) is 11.7 Å². The molecule has 1 heterocycles. The SMILES string of the molecule is COc1cc(-c2oc3c(OC)cc(CCCOC(C)=O)cc3c2C)ccc1O. The van der Waals surface area contributed by atoms with Crippen LogP contribution in [0.1, 0.15) is 24.5 Å². The molecule has 6 nitrogen and oxygen atoms in total. The Balaban J connectivity index is 1.98. The standard InChI is InChI=1S/C22H24O6/c1-13-17-10-15(6-5-9-27-14(2)23)11-20(26-4)22(17)28-21(13)16-7-8-18(24)19(12-16)25-3/h7-8,10-12,24H,5-6,9H2,1-4H3. The van der Waals surface area contributed by atoms with Gasteiger partial charge < -0.3 is 23.7 Å². The van der Waals surface area contributed by atoms with Gasteiger partial charge in [-0.2, -0.15) is 0 Å². The summed E-state index contributed by atoms with van der Waals surface area (Å²) >= 11 is 0. The molecule has 0 aliphatic heterocycles. The van der Waals surface area contributed by atoms with Gasteiger partial charge in [0.15, 0.2) is 22.8 Å². The number of benzene rings is 2. The molecule has 0 bridgehead atoms. The Hall–Kier alpha value is -3.15. The summed E-state index contributed by atoms with van der Waals surface area (Å²) in [6.07, 6.45) is 1.49. The van der Waals surface area contributed by atoms with E-state index in [1.54, 1.807) is 25.3 Å². The van der Waals surface area contributed by atoms with Crippen LogP contribution in [-0.2, 0) is 16.0 Å². The molecular weight excluding hydrogens is 360 g/mol. The van der Waals surface area contributed by atoms with E-state index < -0.39 is 0 Å². The number of carbonyl (C=O) groups excluding carboxylic acids is 1. The molecule has 1 N–H and O–H groups in total. The minimum absolute atomic E-state index is 0.0765. The molecule has 3 aromatic rings. The number of methoxy groups -OCH3 is 2. The summed E-state index contributed by atoms with van der Waals surface area (Å²) in [5.41, 5.74) is 3.53. The van der Waals surface area contributed by atoms with Crippen molar-refractivity contribution >= 4 is 16.9 Å². The molecule has 0 saturated heterocycles. The number of rotatable bonds is 7. The zero-order valence-corrected chi connectivity index (χ0v) is 16.5. The van der Waals surface area contributed by atoms with Crippen LogP contribution in [0.4, 0.5) is 0 Å². The summed E-state index contributed by atoms with van der Waals surface area (Å²) in [6, 6.07) is 9.13. The molecule has 0 atom stereocenters. The molecule has 3 rings (SSSR count). The Morgan fingerprint density at radius 2 is 1.86 bits per heavy atom. The van der Waals surface area contributed by atoms with E-state index >= 15 is 0 Å². The maximum Gasteiger partial charge on any atom is 0.302 e. The normalized spacial score (nSPS) is 10.9. The number of hydrogen-bond donors (Lipinski definition) is 1. The lowest BCUT2D eigenvalue weighted by atomic mass is 10.0. The van der Waals surface area contributed by atoms with Crippen LogP contribution in [0.15, 0.2) is 34.7 Å². The highest BCUT2D eigenvalue weighted by molar-refractivity contribution is 5.92. The lowest BCUT2D eigenvalue weighted by Gasteiger charge is -2.06. The largest absolute Gasteiger partial charge is 0.504 e. The predicted octanol–water partition coefficient (Wildman–Crippen LogP) is 4.63. The number of ether oxygens (including phenoxy) is 3. The summed E-state index contributed by atoms with van der Waals surface area (Å²) in [6.45, 7) is 3.78. The number of carbonyl (C=O) groups is 1. The zero-order valence-electron chi connectivity index (χ0n) is 16.5. The Kier molecular flexibility index (Phi) is 5.78. The van der Waals surface area contributed by atoms with Gasteiger partial charge in [0, 0.05) is 23.4 Å². The van der Waals surface area contributed by atoms with Gasteiger partial charge in [0.25, 0.3) is 0 Å². The van der Waals surface area contributed by atoms with E-state index in [1.165, 1.54) is 14.0 Å². The number of aromatic hydroxyl groups is 1. The van der Waals surface area contributed by atoms with Crippen LogP contribution >= 0.6 is 0 Å². The van der Waals surface area contributed by atoms with Crippen molar-refractivity contribution in [3.8, 4) is 28.6 Å². The van der Waals surface area contributed by atoms with Gasteiger partial charge in [-0.3, -0.25) is 4.79 Å². The zero-order chi connectivity index (χ0) is 20.3. The van der Waals surface area contributed by atoms with Crippen LogP contribution in [0.25, 0.3) is 22.3 Å². The van der Waals surface area contributed by atoms with Gasteiger partial charge >= 0.3 is 5.97 Å². The first kappa shape index (κ1) is 19.6. The number of hydrogen-bond acceptors (Lipinski definition) is 6. The van der Waals surface area contributed by atoms with Crippen molar-refractivity contribution in [1.29, 1.82) is 0 Å². The Labute approximate surface area is 163 Å². The number of esters is 1. The van der Waals surface area contributed by atoms with Gasteiger partial charge in [-0.15, -0.1) is 0 Å². The number of furan rings is 1. The van der Waals surface area contributed by atoms with Gasteiger partial charge in [0.1, 0.15) is 5.76 Å². The lowest BCUT2D eigenvalue weighted by Crippen LogP contribution is -2.01. The Morgan fingerprint density at radius 1 is 1.11 bits per heavy atom. The highest BCUT2D eigenvalue weighted by Gasteiger charge is 2.18. The number of phenolic OH excluding ortho intramolecular Hbond substituents is 1. The number of phenols is 1.